The minimum Gasteiger partial charge on any atom is -0.342 e. The van der Waals surface area contributed by atoms with Crippen molar-refractivity contribution in [3.63, 3.8) is 0 Å². The van der Waals surface area contributed by atoms with Crippen molar-refractivity contribution < 1.29 is 4.79 Å². The molecule has 3 heterocycles. The molecule has 1 amide bonds. The van der Waals surface area contributed by atoms with E-state index in [0.29, 0.717) is 23.9 Å². The smallest absolute Gasteiger partial charge is 0.257 e. The minimum absolute atomic E-state index is 0.112. The van der Waals surface area contributed by atoms with Crippen LogP contribution in [0.3, 0.4) is 0 Å². The SMILES string of the molecule is O=C(CCc1ccccc1)N1CCC(c2cc3ncccc3c(=O)[nH]2)C1. The number of aryl methyl sites for hydroxylation is 1. The number of aromatic amines is 1. The summed E-state index contributed by atoms with van der Waals surface area (Å²) in [5, 5.41) is 0.602. The van der Waals surface area contributed by atoms with Crippen LogP contribution in [0.5, 0.6) is 0 Å². The fourth-order valence-corrected chi connectivity index (χ4v) is 3.62. The number of carbonyl (C=O) groups is 1. The van der Waals surface area contributed by atoms with Gasteiger partial charge in [-0.25, -0.2) is 0 Å². The third-order valence-electron chi connectivity index (χ3n) is 5.08. The predicted octanol–water partition coefficient (Wildman–Crippen LogP) is 2.87. The second kappa shape index (κ2) is 7.12. The lowest BCUT2D eigenvalue weighted by molar-refractivity contribution is -0.130. The van der Waals surface area contributed by atoms with Crippen molar-refractivity contribution in [1.29, 1.82) is 0 Å². The van der Waals surface area contributed by atoms with E-state index in [1.165, 1.54) is 5.56 Å². The first-order valence-electron chi connectivity index (χ1n) is 9.00. The zero-order chi connectivity index (χ0) is 17.9. The number of fused-ring (bicyclic) bond motifs is 1. The summed E-state index contributed by atoms with van der Waals surface area (Å²) in [7, 11) is 0. The maximum atomic E-state index is 12.5. The highest BCUT2D eigenvalue weighted by Gasteiger charge is 2.28. The molecule has 132 valence electrons. The minimum atomic E-state index is -0.112. The van der Waals surface area contributed by atoms with E-state index in [-0.39, 0.29) is 17.4 Å². The molecular weight excluding hydrogens is 326 g/mol. The summed E-state index contributed by atoms with van der Waals surface area (Å²) in [6.07, 6.45) is 3.84. The van der Waals surface area contributed by atoms with Crippen molar-refractivity contribution in [2.75, 3.05) is 13.1 Å². The number of amides is 1. The number of carbonyl (C=O) groups excluding carboxylic acids is 1. The quantitative estimate of drug-likeness (QED) is 0.789. The summed E-state index contributed by atoms with van der Waals surface area (Å²) in [4.78, 5) is 33.9. The third kappa shape index (κ3) is 3.38. The molecule has 0 radical (unpaired) electrons. The van der Waals surface area contributed by atoms with E-state index in [1.807, 2.05) is 41.3 Å². The number of H-pyrrole nitrogens is 1. The number of hydrogen-bond acceptors (Lipinski definition) is 3. The van der Waals surface area contributed by atoms with Crippen molar-refractivity contribution in [2.45, 2.75) is 25.2 Å². The zero-order valence-electron chi connectivity index (χ0n) is 14.5. The van der Waals surface area contributed by atoms with Crippen molar-refractivity contribution >= 4 is 16.8 Å². The summed E-state index contributed by atoms with van der Waals surface area (Å²) >= 11 is 0. The summed E-state index contributed by atoms with van der Waals surface area (Å²) in [5.41, 5.74) is 2.65. The van der Waals surface area contributed by atoms with E-state index in [0.717, 1.165) is 25.1 Å². The molecule has 4 rings (SSSR count). The summed E-state index contributed by atoms with van der Waals surface area (Å²) in [6, 6.07) is 15.6. The third-order valence-corrected chi connectivity index (χ3v) is 5.08. The van der Waals surface area contributed by atoms with Gasteiger partial charge in [0.1, 0.15) is 0 Å². The first-order valence-corrected chi connectivity index (χ1v) is 9.00. The first-order chi connectivity index (χ1) is 12.7. The molecule has 1 atom stereocenters. The van der Waals surface area contributed by atoms with Gasteiger partial charge in [0.25, 0.3) is 5.56 Å². The van der Waals surface area contributed by atoms with E-state index in [1.54, 1.807) is 18.3 Å². The molecule has 1 aliphatic rings. The molecule has 5 heteroatoms. The molecule has 1 aromatic carbocycles. The maximum absolute atomic E-state index is 12.5. The van der Waals surface area contributed by atoms with Gasteiger partial charge in [-0.2, -0.15) is 0 Å². The predicted molar refractivity (Wildman–Crippen MR) is 101 cm³/mol. The molecule has 5 nitrogen and oxygen atoms in total. The lowest BCUT2D eigenvalue weighted by Crippen LogP contribution is -2.28. The molecule has 1 N–H and O–H groups in total. The Kier molecular flexibility index (Phi) is 4.52. The number of pyridine rings is 2. The lowest BCUT2D eigenvalue weighted by Gasteiger charge is -2.17. The normalized spacial score (nSPS) is 16.9. The molecule has 1 saturated heterocycles. The van der Waals surface area contributed by atoms with Gasteiger partial charge in [-0.3, -0.25) is 14.6 Å². The topological polar surface area (TPSA) is 66.1 Å². The van der Waals surface area contributed by atoms with Gasteiger partial charge < -0.3 is 9.88 Å². The molecular formula is C21H21N3O2. The van der Waals surface area contributed by atoms with Crippen LogP contribution >= 0.6 is 0 Å². The van der Waals surface area contributed by atoms with Crippen LogP contribution in [0.4, 0.5) is 0 Å². The molecule has 0 bridgehead atoms. The van der Waals surface area contributed by atoms with Gasteiger partial charge >= 0.3 is 0 Å². The fraction of sp³-hybridized carbons (Fsp3) is 0.286. The van der Waals surface area contributed by atoms with Crippen LogP contribution in [0, 0.1) is 0 Å². The highest BCUT2D eigenvalue weighted by atomic mass is 16.2. The molecule has 1 aliphatic heterocycles. The van der Waals surface area contributed by atoms with Gasteiger partial charge in [0.05, 0.1) is 10.9 Å². The van der Waals surface area contributed by atoms with Gasteiger partial charge in [0, 0.05) is 37.3 Å². The number of nitrogens with zero attached hydrogens (tertiary/aromatic N) is 2. The van der Waals surface area contributed by atoms with Crippen LogP contribution in [0.15, 0.2) is 59.5 Å². The Hall–Kier alpha value is -2.95. The molecule has 0 spiro atoms. The molecule has 1 fully saturated rings. The second-order valence-electron chi connectivity index (χ2n) is 6.80. The van der Waals surface area contributed by atoms with Crippen LogP contribution in [0.2, 0.25) is 0 Å². The van der Waals surface area contributed by atoms with Gasteiger partial charge in [-0.15, -0.1) is 0 Å². The Bertz CT molecular complexity index is 981. The number of rotatable bonds is 4. The average Bonchev–Trinajstić information content (AvgIpc) is 3.17. The van der Waals surface area contributed by atoms with Gasteiger partial charge in [0.15, 0.2) is 0 Å². The standard InChI is InChI=1S/C21H21N3O2/c25-20(9-8-15-5-2-1-3-6-15)24-12-10-16(14-24)18-13-19-17(21(26)23-18)7-4-11-22-19/h1-7,11,13,16H,8-10,12,14H2,(H,23,26). The number of hydrogen-bond donors (Lipinski definition) is 1. The Morgan fingerprint density at radius 2 is 2.04 bits per heavy atom. The highest BCUT2D eigenvalue weighted by molar-refractivity contribution is 5.78. The number of benzene rings is 1. The Morgan fingerprint density at radius 3 is 2.88 bits per heavy atom. The maximum Gasteiger partial charge on any atom is 0.257 e. The van der Waals surface area contributed by atoms with E-state index in [9.17, 15) is 9.59 Å². The van der Waals surface area contributed by atoms with E-state index < -0.39 is 0 Å². The Labute approximate surface area is 151 Å². The first kappa shape index (κ1) is 16.5. The van der Waals surface area contributed by atoms with Crippen molar-refractivity contribution in [2.24, 2.45) is 0 Å². The lowest BCUT2D eigenvalue weighted by atomic mass is 10.0. The van der Waals surface area contributed by atoms with Gasteiger partial charge in [0.2, 0.25) is 5.91 Å². The number of likely N-dealkylation sites (tertiary alicyclic amines) is 1. The van der Waals surface area contributed by atoms with Crippen molar-refractivity contribution in [3.8, 4) is 0 Å². The van der Waals surface area contributed by atoms with Gasteiger partial charge in [-0.05, 0) is 36.6 Å². The van der Waals surface area contributed by atoms with E-state index in [4.69, 9.17) is 0 Å². The number of aromatic nitrogens is 2. The van der Waals surface area contributed by atoms with Crippen LogP contribution in [-0.4, -0.2) is 33.9 Å². The molecule has 26 heavy (non-hydrogen) atoms. The Morgan fingerprint density at radius 1 is 1.19 bits per heavy atom. The van der Waals surface area contributed by atoms with Crippen LogP contribution in [-0.2, 0) is 11.2 Å². The molecule has 0 saturated carbocycles. The summed E-state index contributed by atoms with van der Waals surface area (Å²) in [5.74, 6) is 0.340. The van der Waals surface area contributed by atoms with E-state index >= 15 is 0 Å². The zero-order valence-corrected chi connectivity index (χ0v) is 14.5. The summed E-state index contributed by atoms with van der Waals surface area (Å²) in [6.45, 7) is 1.39. The Balaban J connectivity index is 1.43. The molecule has 2 aromatic heterocycles. The monoisotopic (exact) mass is 347 g/mol. The number of nitrogens with one attached hydrogen (secondary N) is 1. The van der Waals surface area contributed by atoms with Crippen LogP contribution < -0.4 is 5.56 Å². The second-order valence-corrected chi connectivity index (χ2v) is 6.80. The van der Waals surface area contributed by atoms with Crippen molar-refractivity contribution in [1.82, 2.24) is 14.9 Å². The van der Waals surface area contributed by atoms with Crippen molar-refractivity contribution in [3.05, 3.63) is 76.3 Å². The average molecular weight is 347 g/mol. The molecule has 3 aromatic rings. The van der Waals surface area contributed by atoms with Crippen LogP contribution in [0.1, 0.15) is 30.0 Å². The van der Waals surface area contributed by atoms with Gasteiger partial charge in [-0.1, -0.05) is 30.3 Å². The van der Waals surface area contributed by atoms with Crippen LogP contribution in [0.25, 0.3) is 10.9 Å². The fourth-order valence-electron chi connectivity index (χ4n) is 3.62. The summed E-state index contributed by atoms with van der Waals surface area (Å²) < 4.78 is 0. The van der Waals surface area contributed by atoms with E-state index in [2.05, 4.69) is 9.97 Å². The molecule has 0 aliphatic carbocycles. The highest BCUT2D eigenvalue weighted by Crippen LogP contribution is 2.27. The molecule has 1 unspecified atom stereocenters. The largest absolute Gasteiger partial charge is 0.342 e.